The number of hydrogen-bond donors (Lipinski definition) is 1. The molecule has 2 aromatic rings. The Morgan fingerprint density at radius 3 is 2.55 bits per heavy atom. The summed E-state index contributed by atoms with van der Waals surface area (Å²) in [5.41, 5.74) is 0.468. The van der Waals surface area contributed by atoms with Crippen LogP contribution in [-0.4, -0.2) is 23.4 Å². The fourth-order valence-corrected chi connectivity index (χ4v) is 2.75. The predicted octanol–water partition coefficient (Wildman–Crippen LogP) is 4.02. The second-order valence-electron chi connectivity index (χ2n) is 5.13. The number of nitrogens with zero attached hydrogens (tertiary/aromatic N) is 1. The molecule has 0 aliphatic carbocycles. The molecule has 1 fully saturated rings. The topological polar surface area (TPSA) is 36.6 Å². The molecule has 1 aliphatic heterocycles. The second-order valence-corrected chi connectivity index (χ2v) is 5.13. The van der Waals surface area contributed by atoms with Gasteiger partial charge in [0.15, 0.2) is 0 Å². The third-order valence-corrected chi connectivity index (χ3v) is 3.82. The summed E-state index contributed by atoms with van der Waals surface area (Å²) < 4.78 is 44.2. The van der Waals surface area contributed by atoms with Crippen molar-refractivity contribution in [3.63, 3.8) is 0 Å². The second kappa shape index (κ2) is 4.79. The lowest BCUT2D eigenvalue weighted by atomic mass is 9.88. The quantitative estimate of drug-likeness (QED) is 0.859. The normalized spacial score (nSPS) is 18.8. The maximum absolute atomic E-state index is 13.0. The predicted molar refractivity (Wildman–Crippen MR) is 66.6 cm³/mol. The van der Waals surface area contributed by atoms with Crippen molar-refractivity contribution in [2.45, 2.75) is 24.9 Å². The lowest BCUT2D eigenvalue weighted by molar-refractivity contribution is -0.137. The molecule has 1 aromatic heterocycles. The van der Waals surface area contributed by atoms with Crippen LogP contribution in [0.4, 0.5) is 13.2 Å². The first-order valence-corrected chi connectivity index (χ1v) is 6.47. The first kappa shape index (κ1) is 13.5. The molecule has 0 radical (unpaired) electrons. The zero-order valence-electron chi connectivity index (χ0n) is 10.7. The van der Waals surface area contributed by atoms with E-state index in [4.69, 9.17) is 4.42 Å². The van der Waals surface area contributed by atoms with Gasteiger partial charge in [0, 0.05) is 18.5 Å². The van der Waals surface area contributed by atoms with Crippen LogP contribution in [0.5, 0.6) is 0 Å². The van der Waals surface area contributed by atoms with Gasteiger partial charge >= 0.3 is 6.18 Å². The van der Waals surface area contributed by atoms with Crippen molar-refractivity contribution in [3.05, 3.63) is 35.6 Å². The van der Waals surface area contributed by atoms with Gasteiger partial charge in [0.2, 0.25) is 0 Å². The van der Waals surface area contributed by atoms with Crippen molar-refractivity contribution >= 4 is 11.0 Å². The van der Waals surface area contributed by atoms with E-state index in [9.17, 15) is 18.4 Å². The van der Waals surface area contributed by atoms with E-state index in [-0.39, 0.29) is 5.92 Å². The van der Waals surface area contributed by atoms with Gasteiger partial charge in [0.1, 0.15) is 5.58 Å². The van der Waals surface area contributed by atoms with Crippen LogP contribution in [0.2, 0.25) is 0 Å². The first-order valence-electron chi connectivity index (χ1n) is 6.47. The van der Waals surface area contributed by atoms with E-state index in [1.807, 2.05) is 0 Å². The molecule has 0 spiro atoms. The number of fused-ring (bicyclic) bond motifs is 1. The van der Waals surface area contributed by atoms with Gasteiger partial charge in [-0.05, 0) is 42.5 Å². The van der Waals surface area contributed by atoms with Gasteiger partial charge in [-0.25, -0.2) is 0 Å². The molecule has 3 nitrogen and oxygen atoms in total. The van der Waals surface area contributed by atoms with Crippen molar-refractivity contribution in [1.82, 2.24) is 5.06 Å². The molecule has 3 rings (SSSR count). The molecule has 0 saturated carbocycles. The monoisotopic (exact) mass is 285 g/mol. The third-order valence-electron chi connectivity index (χ3n) is 3.82. The lowest BCUT2D eigenvalue weighted by Crippen LogP contribution is -2.30. The number of alkyl halides is 3. The summed E-state index contributed by atoms with van der Waals surface area (Å²) >= 11 is 0. The number of hydroxylamine groups is 2. The van der Waals surface area contributed by atoms with Gasteiger partial charge in [-0.15, -0.1) is 0 Å². The Kier molecular flexibility index (Phi) is 3.22. The van der Waals surface area contributed by atoms with E-state index < -0.39 is 11.7 Å². The van der Waals surface area contributed by atoms with Gasteiger partial charge in [-0.3, -0.25) is 0 Å². The Bertz CT molecular complexity index is 612. The van der Waals surface area contributed by atoms with Gasteiger partial charge < -0.3 is 9.62 Å². The average Bonchev–Trinajstić information content (AvgIpc) is 2.85. The maximum Gasteiger partial charge on any atom is 0.416 e. The highest BCUT2D eigenvalue weighted by molar-refractivity contribution is 5.82. The molecule has 20 heavy (non-hydrogen) atoms. The molecule has 108 valence electrons. The fourth-order valence-electron chi connectivity index (χ4n) is 2.75. The molecular weight excluding hydrogens is 271 g/mol. The minimum absolute atomic E-state index is 0.0191. The number of rotatable bonds is 1. The largest absolute Gasteiger partial charge is 0.464 e. The number of halogens is 3. The van der Waals surface area contributed by atoms with Crippen LogP contribution < -0.4 is 0 Å². The van der Waals surface area contributed by atoms with Crippen LogP contribution in [0.1, 0.15) is 29.9 Å². The van der Waals surface area contributed by atoms with Crippen molar-refractivity contribution < 1.29 is 22.8 Å². The van der Waals surface area contributed by atoms with Gasteiger partial charge in [0.25, 0.3) is 0 Å². The van der Waals surface area contributed by atoms with Crippen LogP contribution in [-0.2, 0) is 6.18 Å². The van der Waals surface area contributed by atoms with Gasteiger partial charge in [0.05, 0.1) is 11.8 Å². The lowest BCUT2D eigenvalue weighted by Gasteiger charge is -2.28. The molecule has 1 N–H and O–H groups in total. The third kappa shape index (κ3) is 2.41. The van der Waals surface area contributed by atoms with E-state index >= 15 is 0 Å². The molecule has 2 heterocycles. The maximum atomic E-state index is 13.0. The van der Waals surface area contributed by atoms with Crippen molar-refractivity contribution in [1.29, 1.82) is 0 Å². The summed E-state index contributed by atoms with van der Waals surface area (Å²) in [5, 5.41) is 11.0. The molecular formula is C14H14F3NO2. The zero-order valence-corrected chi connectivity index (χ0v) is 10.7. The number of hydrogen-bond acceptors (Lipinski definition) is 3. The molecule has 0 amide bonds. The van der Waals surface area contributed by atoms with E-state index in [0.717, 1.165) is 6.07 Å². The molecule has 0 unspecified atom stereocenters. The number of furan rings is 1. The van der Waals surface area contributed by atoms with E-state index in [0.29, 0.717) is 42.5 Å². The van der Waals surface area contributed by atoms with Crippen LogP contribution in [0.25, 0.3) is 11.0 Å². The molecule has 1 saturated heterocycles. The standard InChI is InChI=1S/C14H14F3NO2/c15-14(16,17)11-7-10-3-6-20-13(10)12(8-11)9-1-4-18(19)5-2-9/h3,6-9,19H,1-2,4-5H2. The van der Waals surface area contributed by atoms with Crippen LogP contribution >= 0.6 is 0 Å². The van der Waals surface area contributed by atoms with Crippen molar-refractivity contribution in [3.8, 4) is 0 Å². The minimum atomic E-state index is -4.36. The highest BCUT2D eigenvalue weighted by atomic mass is 19.4. The minimum Gasteiger partial charge on any atom is -0.464 e. The summed E-state index contributed by atoms with van der Waals surface area (Å²) in [6, 6.07) is 3.85. The molecule has 1 aromatic carbocycles. The molecule has 1 aliphatic rings. The highest BCUT2D eigenvalue weighted by Gasteiger charge is 2.33. The summed E-state index contributed by atoms with van der Waals surface area (Å²) in [6.07, 6.45) is -1.71. The highest BCUT2D eigenvalue weighted by Crippen LogP contribution is 2.38. The summed E-state index contributed by atoms with van der Waals surface area (Å²) in [6.45, 7) is 0.923. The first-order chi connectivity index (χ1) is 9.45. The van der Waals surface area contributed by atoms with E-state index in [1.165, 1.54) is 17.4 Å². The van der Waals surface area contributed by atoms with Crippen molar-refractivity contribution in [2.75, 3.05) is 13.1 Å². The summed E-state index contributed by atoms with van der Waals surface area (Å²) in [4.78, 5) is 0. The molecule has 6 heteroatoms. The summed E-state index contributed by atoms with van der Waals surface area (Å²) in [7, 11) is 0. The number of benzene rings is 1. The van der Waals surface area contributed by atoms with Gasteiger partial charge in [-0.1, -0.05) is 0 Å². The van der Waals surface area contributed by atoms with Crippen LogP contribution in [0.15, 0.2) is 28.9 Å². The Morgan fingerprint density at radius 2 is 1.90 bits per heavy atom. The number of piperidine rings is 1. The van der Waals surface area contributed by atoms with Crippen LogP contribution in [0, 0.1) is 0 Å². The Balaban J connectivity index is 2.06. The molecule has 0 bridgehead atoms. The zero-order chi connectivity index (χ0) is 14.3. The Labute approximate surface area is 113 Å². The average molecular weight is 285 g/mol. The smallest absolute Gasteiger partial charge is 0.416 e. The molecule has 0 atom stereocenters. The SMILES string of the molecule is ON1CCC(c2cc(C(F)(F)F)cc3ccoc23)CC1. The van der Waals surface area contributed by atoms with Crippen molar-refractivity contribution in [2.24, 2.45) is 0 Å². The Hall–Kier alpha value is -1.53. The fraction of sp³-hybridized carbons (Fsp3) is 0.429. The summed E-state index contributed by atoms with van der Waals surface area (Å²) in [5.74, 6) is -0.0191. The van der Waals surface area contributed by atoms with Gasteiger partial charge in [-0.2, -0.15) is 18.2 Å². The van der Waals surface area contributed by atoms with E-state index in [2.05, 4.69) is 0 Å². The van der Waals surface area contributed by atoms with Crippen LogP contribution in [0.3, 0.4) is 0 Å². The Morgan fingerprint density at radius 1 is 1.20 bits per heavy atom. The van der Waals surface area contributed by atoms with E-state index in [1.54, 1.807) is 6.07 Å².